The molecule has 7 heteroatoms. The second kappa shape index (κ2) is 4.53. The van der Waals surface area contributed by atoms with Crippen molar-refractivity contribution < 1.29 is 18.0 Å². The number of fused-ring (bicyclic) bond motifs is 1. The third-order valence-electron chi connectivity index (χ3n) is 3.25. The molecule has 1 aliphatic heterocycles. The van der Waals surface area contributed by atoms with Crippen LogP contribution < -0.4 is 5.32 Å². The average Bonchev–Trinajstić information content (AvgIpc) is 2.44. The molecule has 2 aliphatic rings. The standard InChI is InChI=1S/C14H10N2O4S/c1-2-3-8-4-5-9-10(16-8)13(18)11-14(12(9)17)21(19,20)7-6-15-11/h4-5,15H,6-7H2,1H3. The molecule has 21 heavy (non-hydrogen) atoms. The Bertz CT molecular complexity index is 885. The Balaban J connectivity index is 2.26. The van der Waals surface area contributed by atoms with E-state index in [4.69, 9.17) is 0 Å². The number of nitrogens with zero attached hydrogens (tertiary/aromatic N) is 1. The number of allylic oxidation sites excluding steroid dienone is 2. The van der Waals surface area contributed by atoms with Gasteiger partial charge in [-0.2, -0.15) is 0 Å². The van der Waals surface area contributed by atoms with Crippen LogP contribution in [-0.2, 0) is 9.84 Å². The van der Waals surface area contributed by atoms with Gasteiger partial charge in [-0.25, -0.2) is 13.4 Å². The summed E-state index contributed by atoms with van der Waals surface area (Å²) >= 11 is 0. The van der Waals surface area contributed by atoms with E-state index >= 15 is 0 Å². The molecule has 1 aromatic heterocycles. The van der Waals surface area contributed by atoms with Crippen molar-refractivity contribution in [2.75, 3.05) is 12.3 Å². The zero-order valence-electron chi connectivity index (χ0n) is 11.1. The van der Waals surface area contributed by atoms with Crippen molar-refractivity contribution in [1.82, 2.24) is 10.3 Å². The van der Waals surface area contributed by atoms with Gasteiger partial charge in [0.1, 0.15) is 22.0 Å². The number of hydrogen-bond acceptors (Lipinski definition) is 6. The summed E-state index contributed by atoms with van der Waals surface area (Å²) in [6.07, 6.45) is 0. The van der Waals surface area contributed by atoms with E-state index in [2.05, 4.69) is 22.1 Å². The van der Waals surface area contributed by atoms with Gasteiger partial charge >= 0.3 is 0 Å². The Hall–Kier alpha value is -2.46. The largest absolute Gasteiger partial charge is 0.380 e. The third kappa shape index (κ3) is 1.96. The number of carbonyl (C=O) groups excluding carboxylic acids is 2. The number of rotatable bonds is 0. The number of ketones is 2. The number of Topliss-reactive ketones (excluding diaryl/α,β-unsaturated/α-hetero) is 2. The van der Waals surface area contributed by atoms with E-state index in [1.807, 2.05) is 0 Å². The molecule has 3 rings (SSSR count). The molecule has 0 saturated heterocycles. The van der Waals surface area contributed by atoms with E-state index in [0.29, 0.717) is 5.69 Å². The summed E-state index contributed by atoms with van der Waals surface area (Å²) in [4.78, 5) is 28.4. The van der Waals surface area contributed by atoms with Crippen LogP contribution in [0.3, 0.4) is 0 Å². The Kier molecular flexibility index (Phi) is 2.92. The van der Waals surface area contributed by atoms with E-state index in [-0.39, 0.29) is 29.3 Å². The smallest absolute Gasteiger partial charge is 0.229 e. The van der Waals surface area contributed by atoms with Gasteiger partial charge in [-0.15, -0.1) is 0 Å². The maximum atomic E-state index is 12.4. The third-order valence-corrected chi connectivity index (χ3v) is 5.01. The van der Waals surface area contributed by atoms with Crippen molar-refractivity contribution in [2.24, 2.45) is 0 Å². The van der Waals surface area contributed by atoms with Crippen LogP contribution in [0.1, 0.15) is 33.5 Å². The molecule has 0 radical (unpaired) electrons. The van der Waals surface area contributed by atoms with Crippen LogP contribution >= 0.6 is 0 Å². The minimum absolute atomic E-state index is 0.00711. The zero-order valence-corrected chi connectivity index (χ0v) is 11.9. The van der Waals surface area contributed by atoms with Crippen molar-refractivity contribution in [1.29, 1.82) is 0 Å². The van der Waals surface area contributed by atoms with Crippen LogP contribution in [-0.4, -0.2) is 37.3 Å². The first-order chi connectivity index (χ1) is 9.95. The summed E-state index contributed by atoms with van der Waals surface area (Å²) in [7, 11) is -3.74. The molecular formula is C14H10N2O4S. The van der Waals surface area contributed by atoms with Crippen LogP contribution in [0.15, 0.2) is 22.7 Å². The number of hydrogen-bond donors (Lipinski definition) is 1. The summed E-state index contributed by atoms with van der Waals surface area (Å²) in [6, 6.07) is 2.89. The lowest BCUT2D eigenvalue weighted by Gasteiger charge is -2.24. The SMILES string of the molecule is CC#Cc1ccc2c(n1)C(=O)C1=C(C2=O)S(=O)(=O)CCN1. The second-order valence-electron chi connectivity index (χ2n) is 4.58. The molecule has 1 N–H and O–H groups in total. The zero-order chi connectivity index (χ0) is 15.2. The highest BCUT2D eigenvalue weighted by Gasteiger charge is 2.42. The molecule has 2 heterocycles. The summed E-state index contributed by atoms with van der Waals surface area (Å²) in [5.74, 6) is 3.89. The normalized spacial score (nSPS) is 19.1. The minimum atomic E-state index is -3.74. The molecule has 0 aromatic carbocycles. The molecule has 6 nitrogen and oxygen atoms in total. The number of pyridine rings is 1. The maximum absolute atomic E-state index is 12.4. The Labute approximate surface area is 121 Å². The Morgan fingerprint density at radius 2 is 2.00 bits per heavy atom. The van der Waals surface area contributed by atoms with E-state index in [1.54, 1.807) is 6.92 Å². The quantitative estimate of drug-likeness (QED) is 0.681. The van der Waals surface area contributed by atoms with Gasteiger partial charge in [-0.05, 0) is 25.0 Å². The van der Waals surface area contributed by atoms with Crippen LogP contribution in [0.2, 0.25) is 0 Å². The molecule has 0 fully saturated rings. The molecule has 1 aromatic rings. The van der Waals surface area contributed by atoms with Gasteiger partial charge < -0.3 is 5.32 Å². The van der Waals surface area contributed by atoms with Crippen LogP contribution in [0.25, 0.3) is 0 Å². The van der Waals surface area contributed by atoms with Crippen LogP contribution in [0, 0.1) is 11.8 Å². The van der Waals surface area contributed by atoms with Gasteiger partial charge in [-0.1, -0.05) is 5.92 Å². The fourth-order valence-electron chi connectivity index (χ4n) is 2.34. The predicted octanol–water partition coefficient (Wildman–Crippen LogP) is 0.0616. The monoisotopic (exact) mass is 302 g/mol. The van der Waals surface area contributed by atoms with Crippen LogP contribution in [0.5, 0.6) is 0 Å². The first-order valence-electron chi connectivity index (χ1n) is 6.20. The van der Waals surface area contributed by atoms with Gasteiger partial charge in [0.15, 0.2) is 9.84 Å². The molecule has 0 amide bonds. The number of sulfone groups is 1. The summed E-state index contributed by atoms with van der Waals surface area (Å²) in [5.41, 5.74) is 0.143. The first-order valence-corrected chi connectivity index (χ1v) is 7.85. The molecule has 0 bridgehead atoms. The molecule has 0 spiro atoms. The highest BCUT2D eigenvalue weighted by molar-refractivity contribution is 7.96. The number of carbonyl (C=O) groups is 2. The maximum Gasteiger partial charge on any atom is 0.229 e. The van der Waals surface area contributed by atoms with Gasteiger partial charge in [0.25, 0.3) is 0 Å². The lowest BCUT2D eigenvalue weighted by atomic mass is 9.96. The van der Waals surface area contributed by atoms with E-state index < -0.39 is 26.3 Å². The summed E-state index contributed by atoms with van der Waals surface area (Å²) in [5, 5.41) is 2.70. The van der Waals surface area contributed by atoms with Gasteiger partial charge in [0.2, 0.25) is 11.6 Å². The molecular weight excluding hydrogens is 292 g/mol. The fourth-order valence-corrected chi connectivity index (χ4v) is 3.78. The summed E-state index contributed by atoms with van der Waals surface area (Å²) < 4.78 is 24.1. The topological polar surface area (TPSA) is 93.2 Å². The van der Waals surface area contributed by atoms with Crippen molar-refractivity contribution in [3.8, 4) is 11.8 Å². The molecule has 0 saturated carbocycles. The number of aromatic nitrogens is 1. The minimum Gasteiger partial charge on any atom is -0.380 e. The molecule has 106 valence electrons. The predicted molar refractivity (Wildman–Crippen MR) is 74.3 cm³/mol. The second-order valence-corrected chi connectivity index (χ2v) is 6.62. The van der Waals surface area contributed by atoms with Crippen molar-refractivity contribution >= 4 is 21.4 Å². The Morgan fingerprint density at radius 1 is 1.24 bits per heavy atom. The van der Waals surface area contributed by atoms with Crippen molar-refractivity contribution in [3.05, 3.63) is 39.7 Å². The van der Waals surface area contributed by atoms with Gasteiger partial charge in [-0.3, -0.25) is 9.59 Å². The van der Waals surface area contributed by atoms with Crippen LogP contribution in [0.4, 0.5) is 0 Å². The van der Waals surface area contributed by atoms with Gasteiger partial charge in [0, 0.05) is 6.54 Å². The molecule has 1 aliphatic carbocycles. The first kappa shape index (κ1) is 13.5. The van der Waals surface area contributed by atoms with Crippen molar-refractivity contribution in [2.45, 2.75) is 6.92 Å². The highest BCUT2D eigenvalue weighted by atomic mass is 32.2. The fraction of sp³-hybridized carbons (Fsp3) is 0.214. The Morgan fingerprint density at radius 3 is 2.71 bits per heavy atom. The number of nitrogens with one attached hydrogen (secondary N) is 1. The average molecular weight is 302 g/mol. The van der Waals surface area contributed by atoms with Gasteiger partial charge in [0.05, 0.1) is 11.3 Å². The molecule has 0 unspecified atom stereocenters. The molecule has 0 atom stereocenters. The van der Waals surface area contributed by atoms with E-state index in [0.717, 1.165) is 0 Å². The lowest BCUT2D eigenvalue weighted by Crippen LogP contribution is -2.41. The summed E-state index contributed by atoms with van der Waals surface area (Å²) in [6.45, 7) is 1.73. The van der Waals surface area contributed by atoms with Crippen molar-refractivity contribution in [3.63, 3.8) is 0 Å². The lowest BCUT2D eigenvalue weighted by molar-refractivity contribution is 0.0969. The van der Waals surface area contributed by atoms with E-state index in [1.165, 1.54) is 12.1 Å². The highest BCUT2D eigenvalue weighted by Crippen LogP contribution is 2.29. The van der Waals surface area contributed by atoms with E-state index in [9.17, 15) is 18.0 Å².